The lowest BCUT2D eigenvalue weighted by atomic mass is 9.90. The van der Waals surface area contributed by atoms with Crippen LogP contribution in [0.1, 0.15) is 61.1 Å². The molecule has 0 heterocycles. The zero-order valence-corrected chi connectivity index (χ0v) is 17.3. The number of halogens is 1. The normalized spacial score (nSPS) is 12.1. The van der Waals surface area contributed by atoms with E-state index < -0.39 is 0 Å². The molecule has 0 saturated carbocycles. The van der Waals surface area contributed by atoms with Gasteiger partial charge in [-0.1, -0.05) is 56.3 Å². The van der Waals surface area contributed by atoms with E-state index in [9.17, 15) is 4.79 Å². The van der Waals surface area contributed by atoms with Gasteiger partial charge in [-0.25, -0.2) is 0 Å². The average molecular weight is 390 g/mol. The second-order valence-corrected chi connectivity index (χ2v) is 6.85. The Kier molecular flexibility index (Phi) is 9.50. The Morgan fingerprint density at radius 2 is 1.63 bits per heavy atom. The monoisotopic (exact) mass is 389 g/mol. The first-order chi connectivity index (χ1) is 12.5. The van der Waals surface area contributed by atoms with E-state index in [0.717, 1.165) is 18.4 Å². The molecule has 4 nitrogen and oxygen atoms in total. The highest BCUT2D eigenvalue weighted by Crippen LogP contribution is 2.21. The lowest BCUT2D eigenvalue weighted by molar-refractivity contribution is 0.0934. The van der Waals surface area contributed by atoms with E-state index in [1.165, 1.54) is 5.56 Å². The lowest BCUT2D eigenvalue weighted by Gasteiger charge is -2.36. The summed E-state index contributed by atoms with van der Waals surface area (Å²) in [7, 11) is 0. The number of amides is 1. The van der Waals surface area contributed by atoms with E-state index in [2.05, 4.69) is 55.7 Å². The van der Waals surface area contributed by atoms with Crippen LogP contribution >= 0.6 is 12.4 Å². The van der Waals surface area contributed by atoms with Crippen molar-refractivity contribution in [2.24, 2.45) is 5.73 Å². The number of rotatable bonds is 9. The minimum Gasteiger partial charge on any atom is -0.350 e. The van der Waals surface area contributed by atoms with Crippen LogP contribution in [0.25, 0.3) is 0 Å². The fourth-order valence-electron chi connectivity index (χ4n) is 3.18. The van der Waals surface area contributed by atoms with Gasteiger partial charge in [0.2, 0.25) is 0 Å². The summed E-state index contributed by atoms with van der Waals surface area (Å²) in [6.45, 7) is 7.57. The molecule has 1 amide bonds. The molecule has 0 aliphatic heterocycles. The molecule has 0 bridgehead atoms. The highest BCUT2D eigenvalue weighted by Gasteiger charge is 2.28. The smallest absolute Gasteiger partial charge is 0.251 e. The molecule has 5 heteroatoms. The topological polar surface area (TPSA) is 67.2 Å². The Morgan fingerprint density at radius 1 is 1.04 bits per heavy atom. The molecule has 0 spiro atoms. The molecular formula is C22H32ClN3O. The largest absolute Gasteiger partial charge is 0.350 e. The third kappa shape index (κ3) is 6.35. The van der Waals surface area contributed by atoms with E-state index in [1.54, 1.807) is 0 Å². The van der Waals surface area contributed by atoms with Crippen molar-refractivity contribution in [3.8, 4) is 0 Å². The first kappa shape index (κ1) is 23.2. The minimum absolute atomic E-state index is 0. The summed E-state index contributed by atoms with van der Waals surface area (Å²) in [5.74, 6) is -0.0472. The number of nitrogens with two attached hydrogens (primary N) is 1. The summed E-state index contributed by atoms with van der Waals surface area (Å²) in [5, 5.41) is 6.84. The van der Waals surface area contributed by atoms with Gasteiger partial charge in [-0.05, 0) is 43.0 Å². The predicted octanol–water partition coefficient (Wildman–Crippen LogP) is 4.21. The van der Waals surface area contributed by atoms with Crippen molar-refractivity contribution in [1.82, 2.24) is 10.6 Å². The van der Waals surface area contributed by atoms with Crippen molar-refractivity contribution in [3.63, 3.8) is 0 Å². The van der Waals surface area contributed by atoms with Crippen molar-refractivity contribution < 1.29 is 4.79 Å². The molecule has 2 aromatic carbocycles. The fourth-order valence-corrected chi connectivity index (χ4v) is 3.18. The molecule has 0 fully saturated rings. The zero-order valence-electron chi connectivity index (χ0n) is 16.5. The molecule has 1 unspecified atom stereocenters. The second kappa shape index (κ2) is 11.1. The summed E-state index contributed by atoms with van der Waals surface area (Å²) < 4.78 is 0. The maximum atomic E-state index is 12.5. The van der Waals surface area contributed by atoms with E-state index in [-0.39, 0.29) is 29.9 Å². The third-order valence-electron chi connectivity index (χ3n) is 5.21. The maximum absolute atomic E-state index is 12.5. The molecule has 27 heavy (non-hydrogen) atoms. The Labute approximate surface area is 169 Å². The van der Waals surface area contributed by atoms with Gasteiger partial charge in [0, 0.05) is 30.2 Å². The molecule has 4 N–H and O–H groups in total. The summed E-state index contributed by atoms with van der Waals surface area (Å²) in [6, 6.07) is 18.1. The number of hydrogen-bond acceptors (Lipinski definition) is 3. The second-order valence-electron chi connectivity index (χ2n) is 6.85. The van der Waals surface area contributed by atoms with E-state index in [0.29, 0.717) is 18.7 Å². The number of benzene rings is 2. The number of carbonyl (C=O) groups excluding carboxylic acids is 1. The number of nitrogens with one attached hydrogen (secondary N) is 2. The van der Waals surface area contributed by atoms with E-state index >= 15 is 0 Å². The summed E-state index contributed by atoms with van der Waals surface area (Å²) in [5.41, 5.74) is 8.42. The van der Waals surface area contributed by atoms with Crippen LogP contribution in [0.3, 0.4) is 0 Å². The molecular weight excluding hydrogens is 358 g/mol. The van der Waals surface area contributed by atoms with Gasteiger partial charge in [0.25, 0.3) is 5.91 Å². The van der Waals surface area contributed by atoms with Crippen LogP contribution in [0.15, 0.2) is 54.6 Å². The number of carbonyl (C=O) groups is 1. The Balaban J connectivity index is 0.00000364. The third-order valence-corrected chi connectivity index (χ3v) is 5.21. The van der Waals surface area contributed by atoms with Crippen LogP contribution < -0.4 is 16.4 Å². The molecule has 0 aromatic heterocycles. The lowest BCUT2D eigenvalue weighted by Crippen LogP contribution is -2.53. The fraction of sp³-hybridized carbons (Fsp3) is 0.409. The summed E-state index contributed by atoms with van der Waals surface area (Å²) in [6.07, 6.45) is 1.88. The van der Waals surface area contributed by atoms with Crippen molar-refractivity contribution in [2.45, 2.75) is 51.7 Å². The van der Waals surface area contributed by atoms with Crippen LogP contribution in [-0.2, 0) is 6.54 Å². The molecule has 0 radical (unpaired) electrons. The molecule has 2 rings (SSSR count). The highest BCUT2D eigenvalue weighted by molar-refractivity contribution is 5.94. The van der Waals surface area contributed by atoms with Crippen LogP contribution in [0, 0.1) is 0 Å². The average Bonchev–Trinajstić information content (AvgIpc) is 2.71. The van der Waals surface area contributed by atoms with Crippen LogP contribution in [-0.4, -0.2) is 18.0 Å². The highest BCUT2D eigenvalue weighted by atomic mass is 35.5. The van der Waals surface area contributed by atoms with Gasteiger partial charge < -0.3 is 16.4 Å². The summed E-state index contributed by atoms with van der Waals surface area (Å²) in [4.78, 5) is 12.5. The SMILES string of the molecule is CCC(CC)(CNC(=O)c1ccc(CN)cc1)NC(C)c1ccccc1.Cl. The molecule has 1 atom stereocenters. The number of hydrogen-bond donors (Lipinski definition) is 3. The van der Waals surface area contributed by atoms with Crippen molar-refractivity contribution >= 4 is 18.3 Å². The van der Waals surface area contributed by atoms with Gasteiger partial charge in [0.05, 0.1) is 0 Å². The van der Waals surface area contributed by atoms with Gasteiger partial charge in [0.15, 0.2) is 0 Å². The minimum atomic E-state index is -0.137. The van der Waals surface area contributed by atoms with Crippen molar-refractivity contribution in [2.75, 3.05) is 6.54 Å². The van der Waals surface area contributed by atoms with Crippen LogP contribution in [0.2, 0.25) is 0 Å². The Morgan fingerprint density at radius 3 is 2.15 bits per heavy atom. The maximum Gasteiger partial charge on any atom is 0.251 e. The first-order valence-electron chi connectivity index (χ1n) is 9.43. The van der Waals surface area contributed by atoms with Gasteiger partial charge >= 0.3 is 0 Å². The molecule has 0 aliphatic rings. The van der Waals surface area contributed by atoms with Crippen LogP contribution in [0.5, 0.6) is 0 Å². The quantitative estimate of drug-likeness (QED) is 0.601. The Bertz CT molecular complexity index is 684. The molecule has 2 aromatic rings. The van der Waals surface area contributed by atoms with Gasteiger partial charge in [-0.15, -0.1) is 12.4 Å². The molecule has 0 aliphatic carbocycles. The van der Waals surface area contributed by atoms with Crippen molar-refractivity contribution in [1.29, 1.82) is 0 Å². The zero-order chi connectivity index (χ0) is 19.0. The van der Waals surface area contributed by atoms with Gasteiger partial charge in [-0.3, -0.25) is 4.79 Å². The summed E-state index contributed by atoms with van der Waals surface area (Å²) >= 11 is 0. The van der Waals surface area contributed by atoms with Gasteiger partial charge in [0.1, 0.15) is 0 Å². The van der Waals surface area contributed by atoms with Crippen LogP contribution in [0.4, 0.5) is 0 Å². The standard InChI is InChI=1S/C22H31N3O.ClH/c1-4-22(5-2,25-17(3)19-9-7-6-8-10-19)16-24-21(26)20-13-11-18(15-23)12-14-20;/h6-14,17,25H,4-5,15-16,23H2,1-3H3,(H,24,26);1H. The first-order valence-corrected chi connectivity index (χ1v) is 9.43. The predicted molar refractivity (Wildman–Crippen MR) is 115 cm³/mol. The molecule has 0 saturated heterocycles. The van der Waals surface area contributed by atoms with Gasteiger partial charge in [-0.2, -0.15) is 0 Å². The van der Waals surface area contributed by atoms with Crippen molar-refractivity contribution in [3.05, 3.63) is 71.3 Å². The Hall–Kier alpha value is -1.88. The molecule has 148 valence electrons. The van der Waals surface area contributed by atoms with E-state index in [4.69, 9.17) is 5.73 Å². The van der Waals surface area contributed by atoms with E-state index in [1.807, 2.05) is 30.3 Å².